The molecule has 0 aliphatic heterocycles. The number of halogens is 2. The first-order valence-corrected chi connectivity index (χ1v) is 10.3. The molecule has 4 rings (SSSR count). The predicted octanol–water partition coefficient (Wildman–Crippen LogP) is 6.96. The molecule has 2 aromatic carbocycles. The Labute approximate surface area is 189 Å². The zero-order chi connectivity index (χ0) is 21.3. The first kappa shape index (κ1) is 22.8. The lowest BCUT2D eigenvalue weighted by molar-refractivity contribution is 0.308. The summed E-state index contributed by atoms with van der Waals surface area (Å²) in [5, 5.41) is 0. The van der Waals surface area contributed by atoms with Gasteiger partial charge in [-0.05, 0) is 54.2 Å². The molecule has 31 heavy (non-hydrogen) atoms. The maximum absolute atomic E-state index is 13.7. The third-order valence-electron chi connectivity index (χ3n) is 5.73. The topological polar surface area (TPSA) is 27.1 Å². The summed E-state index contributed by atoms with van der Waals surface area (Å²) < 4.78 is 22.1. The van der Waals surface area contributed by atoms with Gasteiger partial charge in [-0.3, -0.25) is 4.98 Å². The predicted molar refractivity (Wildman–Crippen MR) is 127 cm³/mol. The Hall–Kier alpha value is -2.85. The molecule has 0 N–H and O–H groups in total. The van der Waals surface area contributed by atoms with Gasteiger partial charge in [0.2, 0.25) is 0 Å². The SMILES string of the molecule is Cc1c(C)n(Cc2cccc(F)c2)c2c(OCc3ccc(C(C)C)cc3)ccnc12.Cl. The van der Waals surface area contributed by atoms with E-state index < -0.39 is 0 Å². The molecule has 0 aliphatic carbocycles. The lowest BCUT2D eigenvalue weighted by Crippen LogP contribution is -2.04. The molecule has 0 amide bonds. The molecular formula is C26H28ClFN2O. The number of aryl methyl sites for hydroxylation is 1. The van der Waals surface area contributed by atoms with Crippen LogP contribution < -0.4 is 4.74 Å². The summed E-state index contributed by atoms with van der Waals surface area (Å²) in [4.78, 5) is 4.59. The van der Waals surface area contributed by atoms with Crippen molar-refractivity contribution in [2.45, 2.75) is 46.8 Å². The molecule has 2 aromatic heterocycles. The van der Waals surface area contributed by atoms with Crippen LogP contribution in [0.3, 0.4) is 0 Å². The Morgan fingerprint density at radius 1 is 1.00 bits per heavy atom. The number of fused-ring (bicyclic) bond motifs is 1. The van der Waals surface area contributed by atoms with E-state index in [0.29, 0.717) is 19.1 Å². The van der Waals surface area contributed by atoms with Crippen LogP contribution in [0.2, 0.25) is 0 Å². The van der Waals surface area contributed by atoms with Crippen LogP contribution >= 0.6 is 12.4 Å². The van der Waals surface area contributed by atoms with E-state index in [1.54, 1.807) is 18.3 Å². The highest BCUT2D eigenvalue weighted by Gasteiger charge is 2.17. The molecule has 0 radical (unpaired) electrons. The van der Waals surface area contributed by atoms with Gasteiger partial charge in [0.15, 0.2) is 0 Å². The van der Waals surface area contributed by atoms with Crippen LogP contribution in [0.25, 0.3) is 11.0 Å². The van der Waals surface area contributed by atoms with E-state index in [0.717, 1.165) is 39.2 Å². The molecule has 4 aromatic rings. The smallest absolute Gasteiger partial charge is 0.147 e. The first-order chi connectivity index (χ1) is 14.4. The van der Waals surface area contributed by atoms with Gasteiger partial charge in [-0.25, -0.2) is 4.39 Å². The Balaban J connectivity index is 0.00000272. The highest BCUT2D eigenvalue weighted by molar-refractivity contribution is 5.86. The fourth-order valence-electron chi connectivity index (χ4n) is 3.80. The second-order valence-corrected chi connectivity index (χ2v) is 8.12. The highest BCUT2D eigenvalue weighted by atomic mass is 35.5. The van der Waals surface area contributed by atoms with E-state index in [-0.39, 0.29) is 18.2 Å². The van der Waals surface area contributed by atoms with Crippen LogP contribution in [-0.4, -0.2) is 9.55 Å². The molecule has 0 atom stereocenters. The highest BCUT2D eigenvalue weighted by Crippen LogP contribution is 2.32. The average Bonchev–Trinajstić information content (AvgIpc) is 2.98. The summed E-state index contributed by atoms with van der Waals surface area (Å²) in [5.41, 5.74) is 7.47. The van der Waals surface area contributed by atoms with Gasteiger partial charge in [0.25, 0.3) is 0 Å². The molecule has 0 saturated heterocycles. The van der Waals surface area contributed by atoms with Crippen molar-refractivity contribution in [1.82, 2.24) is 9.55 Å². The van der Waals surface area contributed by atoms with E-state index in [9.17, 15) is 4.39 Å². The van der Waals surface area contributed by atoms with Gasteiger partial charge in [0, 0.05) is 24.5 Å². The molecule has 5 heteroatoms. The minimum Gasteiger partial charge on any atom is -0.487 e. The zero-order valence-electron chi connectivity index (χ0n) is 18.4. The minimum atomic E-state index is -0.224. The van der Waals surface area contributed by atoms with Crippen LogP contribution in [-0.2, 0) is 13.2 Å². The van der Waals surface area contributed by atoms with Crippen LogP contribution in [0.1, 0.15) is 47.7 Å². The second kappa shape index (κ2) is 9.52. The normalized spacial score (nSPS) is 11.0. The average molecular weight is 439 g/mol. The molecule has 162 valence electrons. The number of benzene rings is 2. The number of hydrogen-bond acceptors (Lipinski definition) is 2. The summed E-state index contributed by atoms with van der Waals surface area (Å²) in [5.74, 6) is 1.08. The number of nitrogens with zero attached hydrogens (tertiary/aromatic N) is 2. The van der Waals surface area contributed by atoms with Crippen molar-refractivity contribution in [1.29, 1.82) is 0 Å². The molecular weight excluding hydrogens is 411 g/mol. The lowest BCUT2D eigenvalue weighted by atomic mass is 10.0. The maximum atomic E-state index is 13.7. The van der Waals surface area contributed by atoms with E-state index in [1.165, 1.54) is 11.6 Å². The van der Waals surface area contributed by atoms with Crippen LogP contribution in [0.15, 0.2) is 60.8 Å². The van der Waals surface area contributed by atoms with E-state index in [2.05, 4.69) is 61.5 Å². The molecule has 0 saturated carbocycles. The molecule has 0 bridgehead atoms. The Morgan fingerprint density at radius 2 is 1.74 bits per heavy atom. The minimum absolute atomic E-state index is 0. The van der Waals surface area contributed by atoms with Crippen molar-refractivity contribution >= 4 is 23.4 Å². The summed E-state index contributed by atoms with van der Waals surface area (Å²) >= 11 is 0. The van der Waals surface area contributed by atoms with Crippen molar-refractivity contribution in [3.8, 4) is 5.75 Å². The largest absolute Gasteiger partial charge is 0.487 e. The van der Waals surface area contributed by atoms with Crippen molar-refractivity contribution in [2.24, 2.45) is 0 Å². The Morgan fingerprint density at radius 3 is 2.42 bits per heavy atom. The molecule has 0 unspecified atom stereocenters. The summed E-state index contributed by atoms with van der Waals surface area (Å²) in [6.45, 7) is 9.58. The van der Waals surface area contributed by atoms with Crippen molar-refractivity contribution in [3.63, 3.8) is 0 Å². The summed E-state index contributed by atoms with van der Waals surface area (Å²) in [7, 11) is 0. The number of rotatable bonds is 6. The molecule has 0 spiro atoms. The van der Waals surface area contributed by atoms with E-state index >= 15 is 0 Å². The summed E-state index contributed by atoms with van der Waals surface area (Å²) in [6, 6.07) is 17.2. The maximum Gasteiger partial charge on any atom is 0.147 e. The third kappa shape index (κ3) is 4.75. The number of pyridine rings is 1. The number of aromatic nitrogens is 2. The van der Waals surface area contributed by atoms with Gasteiger partial charge in [-0.15, -0.1) is 12.4 Å². The van der Waals surface area contributed by atoms with E-state index in [4.69, 9.17) is 4.74 Å². The van der Waals surface area contributed by atoms with Gasteiger partial charge >= 0.3 is 0 Å². The van der Waals surface area contributed by atoms with Gasteiger partial charge in [-0.1, -0.05) is 50.2 Å². The van der Waals surface area contributed by atoms with Gasteiger partial charge in [-0.2, -0.15) is 0 Å². The monoisotopic (exact) mass is 438 g/mol. The Bertz CT molecular complexity index is 1180. The van der Waals surface area contributed by atoms with Crippen LogP contribution in [0, 0.1) is 19.7 Å². The quantitative estimate of drug-likeness (QED) is 0.325. The molecule has 3 nitrogen and oxygen atoms in total. The van der Waals surface area contributed by atoms with E-state index in [1.807, 2.05) is 12.1 Å². The van der Waals surface area contributed by atoms with Crippen molar-refractivity contribution in [2.75, 3.05) is 0 Å². The van der Waals surface area contributed by atoms with Gasteiger partial charge in [0.1, 0.15) is 23.7 Å². The van der Waals surface area contributed by atoms with Crippen LogP contribution in [0.4, 0.5) is 4.39 Å². The fourth-order valence-corrected chi connectivity index (χ4v) is 3.80. The first-order valence-electron chi connectivity index (χ1n) is 10.3. The van der Waals surface area contributed by atoms with Gasteiger partial charge in [0.05, 0.1) is 5.52 Å². The molecule has 0 aliphatic rings. The van der Waals surface area contributed by atoms with Crippen LogP contribution in [0.5, 0.6) is 5.75 Å². The van der Waals surface area contributed by atoms with Crippen molar-refractivity contribution in [3.05, 3.63) is 94.6 Å². The second-order valence-electron chi connectivity index (χ2n) is 8.12. The standard InChI is InChI=1S/C26H27FN2O.ClH/c1-17(2)22-10-8-20(9-11-22)16-30-24-12-13-28-25-18(3)19(4)29(26(24)25)15-21-6-5-7-23(27)14-21;/h5-14,17H,15-16H2,1-4H3;1H. The van der Waals surface area contributed by atoms with Crippen molar-refractivity contribution < 1.29 is 9.13 Å². The number of hydrogen-bond donors (Lipinski definition) is 0. The summed E-state index contributed by atoms with van der Waals surface area (Å²) in [6.07, 6.45) is 1.79. The number of ether oxygens (including phenoxy) is 1. The fraction of sp³-hybridized carbons (Fsp3) is 0.269. The molecule has 2 heterocycles. The Kier molecular flexibility index (Phi) is 7.01. The lowest BCUT2D eigenvalue weighted by Gasteiger charge is -2.13. The van der Waals surface area contributed by atoms with Gasteiger partial charge < -0.3 is 9.30 Å². The zero-order valence-corrected chi connectivity index (χ0v) is 19.2. The third-order valence-corrected chi connectivity index (χ3v) is 5.73. The molecule has 0 fully saturated rings.